The number of aromatic nitrogens is 1. The maximum Gasteiger partial charge on any atom is 0.0993 e. The first kappa shape index (κ1) is 7.69. The number of hydrogen-bond acceptors (Lipinski definition) is 3. The molecule has 2 N–H and O–H groups in total. The van der Waals surface area contributed by atoms with Gasteiger partial charge in [0.1, 0.15) is 0 Å². The Morgan fingerprint density at radius 3 is 2.80 bits per heavy atom. The van der Waals surface area contributed by atoms with E-state index in [0.29, 0.717) is 6.54 Å². The standard InChI is InChI=1S/C7H12N2S/c1-7(2,5-8)6-9-3-4-10-6/h3-4H,5,8H2,1-2H3. The Kier molecular flexibility index (Phi) is 2.06. The average Bonchev–Trinajstić information content (AvgIpc) is 2.38. The van der Waals surface area contributed by atoms with Crippen LogP contribution in [0, 0.1) is 0 Å². The van der Waals surface area contributed by atoms with E-state index in [9.17, 15) is 0 Å². The first-order valence-electron chi connectivity index (χ1n) is 3.27. The summed E-state index contributed by atoms with van der Waals surface area (Å²) in [6, 6.07) is 0. The molecule has 0 amide bonds. The topological polar surface area (TPSA) is 38.9 Å². The summed E-state index contributed by atoms with van der Waals surface area (Å²) in [6.45, 7) is 4.86. The van der Waals surface area contributed by atoms with Crippen LogP contribution in [0.5, 0.6) is 0 Å². The van der Waals surface area contributed by atoms with Crippen LogP contribution in [0.25, 0.3) is 0 Å². The van der Waals surface area contributed by atoms with Gasteiger partial charge in [-0.25, -0.2) is 4.98 Å². The van der Waals surface area contributed by atoms with Crippen molar-refractivity contribution in [1.29, 1.82) is 0 Å². The maximum absolute atomic E-state index is 5.56. The van der Waals surface area contributed by atoms with Crippen LogP contribution in [0.1, 0.15) is 18.9 Å². The molecule has 1 rings (SSSR count). The maximum atomic E-state index is 5.56. The lowest BCUT2D eigenvalue weighted by Gasteiger charge is -2.18. The molecule has 0 aliphatic heterocycles. The molecule has 0 radical (unpaired) electrons. The molecule has 0 aliphatic rings. The Balaban J connectivity index is 2.85. The monoisotopic (exact) mass is 156 g/mol. The highest BCUT2D eigenvalue weighted by Crippen LogP contribution is 2.22. The van der Waals surface area contributed by atoms with Gasteiger partial charge >= 0.3 is 0 Å². The smallest absolute Gasteiger partial charge is 0.0993 e. The minimum Gasteiger partial charge on any atom is -0.330 e. The fourth-order valence-corrected chi connectivity index (χ4v) is 1.42. The van der Waals surface area contributed by atoms with Crippen molar-refractivity contribution >= 4 is 11.3 Å². The minimum atomic E-state index is 0.0498. The van der Waals surface area contributed by atoms with Crippen molar-refractivity contribution in [2.24, 2.45) is 5.73 Å². The van der Waals surface area contributed by atoms with Crippen molar-refractivity contribution in [2.45, 2.75) is 19.3 Å². The van der Waals surface area contributed by atoms with Crippen molar-refractivity contribution in [3.63, 3.8) is 0 Å². The summed E-state index contributed by atoms with van der Waals surface area (Å²) >= 11 is 1.66. The molecule has 1 aromatic rings. The minimum absolute atomic E-state index is 0.0498. The van der Waals surface area contributed by atoms with E-state index < -0.39 is 0 Å². The Morgan fingerprint density at radius 1 is 1.70 bits per heavy atom. The molecule has 1 heterocycles. The van der Waals surface area contributed by atoms with Crippen LogP contribution in [0.4, 0.5) is 0 Å². The quantitative estimate of drug-likeness (QED) is 0.702. The molecule has 0 saturated carbocycles. The number of rotatable bonds is 2. The third-order valence-corrected chi connectivity index (χ3v) is 2.66. The van der Waals surface area contributed by atoms with Crippen molar-refractivity contribution in [2.75, 3.05) is 6.54 Å². The van der Waals surface area contributed by atoms with Crippen LogP contribution in [0.2, 0.25) is 0 Å². The van der Waals surface area contributed by atoms with Crippen LogP contribution >= 0.6 is 11.3 Å². The molecule has 0 saturated heterocycles. The van der Waals surface area contributed by atoms with Gasteiger partial charge in [0.05, 0.1) is 5.01 Å². The van der Waals surface area contributed by atoms with Crippen LogP contribution in [-0.4, -0.2) is 11.5 Å². The predicted octanol–water partition coefficient (Wildman–Crippen LogP) is 1.38. The third-order valence-electron chi connectivity index (χ3n) is 1.52. The van der Waals surface area contributed by atoms with Gasteiger partial charge in [0.25, 0.3) is 0 Å². The summed E-state index contributed by atoms with van der Waals surface area (Å²) in [7, 11) is 0. The Labute approximate surface area is 65.1 Å². The van der Waals surface area contributed by atoms with Gasteiger partial charge in [-0.1, -0.05) is 13.8 Å². The zero-order valence-corrected chi connectivity index (χ0v) is 7.11. The summed E-state index contributed by atoms with van der Waals surface area (Å²) in [4.78, 5) is 4.20. The molecule has 0 bridgehead atoms. The van der Waals surface area contributed by atoms with E-state index in [1.807, 2.05) is 11.6 Å². The van der Waals surface area contributed by atoms with Gasteiger partial charge in [0.2, 0.25) is 0 Å². The van der Waals surface area contributed by atoms with Gasteiger partial charge in [0.15, 0.2) is 0 Å². The number of hydrogen-bond donors (Lipinski definition) is 1. The first-order valence-corrected chi connectivity index (χ1v) is 4.15. The van der Waals surface area contributed by atoms with E-state index in [0.717, 1.165) is 5.01 Å². The Bertz CT molecular complexity index is 191. The molecule has 0 aromatic carbocycles. The second-order valence-corrected chi connectivity index (χ2v) is 3.82. The summed E-state index contributed by atoms with van der Waals surface area (Å²) in [5, 5.41) is 3.10. The van der Waals surface area contributed by atoms with Crippen molar-refractivity contribution in [1.82, 2.24) is 4.98 Å². The van der Waals surface area contributed by atoms with Gasteiger partial charge < -0.3 is 5.73 Å². The fourth-order valence-electron chi connectivity index (χ4n) is 0.645. The zero-order valence-electron chi connectivity index (χ0n) is 6.29. The highest BCUT2D eigenvalue weighted by atomic mass is 32.1. The van der Waals surface area contributed by atoms with Gasteiger partial charge in [-0.05, 0) is 0 Å². The van der Waals surface area contributed by atoms with E-state index in [-0.39, 0.29) is 5.41 Å². The van der Waals surface area contributed by atoms with E-state index in [2.05, 4.69) is 18.8 Å². The van der Waals surface area contributed by atoms with E-state index in [1.54, 1.807) is 11.3 Å². The van der Waals surface area contributed by atoms with Crippen LogP contribution < -0.4 is 5.73 Å². The predicted molar refractivity (Wildman–Crippen MR) is 44.2 cm³/mol. The van der Waals surface area contributed by atoms with Crippen LogP contribution in [0.3, 0.4) is 0 Å². The summed E-state index contributed by atoms with van der Waals surface area (Å²) < 4.78 is 0. The van der Waals surface area contributed by atoms with E-state index >= 15 is 0 Å². The molecule has 0 fully saturated rings. The average molecular weight is 156 g/mol. The summed E-state index contributed by atoms with van der Waals surface area (Å²) in [5.74, 6) is 0. The second-order valence-electron chi connectivity index (χ2n) is 2.93. The highest BCUT2D eigenvalue weighted by molar-refractivity contribution is 7.09. The highest BCUT2D eigenvalue weighted by Gasteiger charge is 2.20. The lowest BCUT2D eigenvalue weighted by atomic mass is 9.95. The zero-order chi connectivity index (χ0) is 7.61. The molecule has 0 atom stereocenters. The first-order chi connectivity index (χ1) is 4.67. The lowest BCUT2D eigenvalue weighted by molar-refractivity contribution is 0.535. The van der Waals surface area contributed by atoms with Crippen LogP contribution in [0.15, 0.2) is 11.6 Å². The number of nitrogens with two attached hydrogens (primary N) is 1. The number of thiazole rings is 1. The van der Waals surface area contributed by atoms with Crippen molar-refractivity contribution in [3.8, 4) is 0 Å². The van der Waals surface area contributed by atoms with E-state index in [4.69, 9.17) is 5.73 Å². The van der Waals surface area contributed by atoms with Crippen LogP contribution in [-0.2, 0) is 5.41 Å². The second kappa shape index (κ2) is 2.68. The SMILES string of the molecule is CC(C)(CN)c1nccs1. The molecule has 0 spiro atoms. The Hall–Kier alpha value is -0.410. The Morgan fingerprint density at radius 2 is 2.40 bits per heavy atom. The van der Waals surface area contributed by atoms with Gasteiger partial charge in [-0.2, -0.15) is 0 Å². The molecule has 3 heteroatoms. The fraction of sp³-hybridized carbons (Fsp3) is 0.571. The van der Waals surface area contributed by atoms with E-state index in [1.165, 1.54) is 0 Å². The lowest BCUT2D eigenvalue weighted by Crippen LogP contribution is -2.27. The summed E-state index contributed by atoms with van der Waals surface area (Å²) in [6.07, 6.45) is 1.82. The molecule has 2 nitrogen and oxygen atoms in total. The number of nitrogens with zero attached hydrogens (tertiary/aromatic N) is 1. The van der Waals surface area contributed by atoms with Gasteiger partial charge in [-0.3, -0.25) is 0 Å². The van der Waals surface area contributed by atoms with Crippen molar-refractivity contribution < 1.29 is 0 Å². The van der Waals surface area contributed by atoms with Crippen molar-refractivity contribution in [3.05, 3.63) is 16.6 Å². The molecular formula is C7H12N2S. The molecular weight excluding hydrogens is 144 g/mol. The molecule has 0 aliphatic carbocycles. The normalized spacial score (nSPS) is 11.9. The van der Waals surface area contributed by atoms with Gasteiger partial charge in [-0.15, -0.1) is 11.3 Å². The molecule has 1 aromatic heterocycles. The summed E-state index contributed by atoms with van der Waals surface area (Å²) in [5.41, 5.74) is 5.61. The molecule has 0 unspecified atom stereocenters. The molecule has 56 valence electrons. The third kappa shape index (κ3) is 1.36. The largest absolute Gasteiger partial charge is 0.330 e. The van der Waals surface area contributed by atoms with Gasteiger partial charge in [0, 0.05) is 23.5 Å². The molecule has 10 heavy (non-hydrogen) atoms.